The lowest BCUT2D eigenvalue weighted by Gasteiger charge is -1.98. The molecule has 90 valence electrons. The lowest BCUT2D eigenvalue weighted by Crippen LogP contribution is -1.95. The first-order valence-electron chi connectivity index (χ1n) is 5.09. The average molecular weight is 236 g/mol. The molecule has 2 aromatic rings. The average Bonchev–Trinajstić information content (AvgIpc) is 2.88. The molecule has 0 aliphatic rings. The van der Waals surface area contributed by atoms with Gasteiger partial charge in [-0.25, -0.2) is 4.79 Å². The van der Waals surface area contributed by atoms with Crippen molar-refractivity contribution in [3.05, 3.63) is 47.3 Å². The Bertz CT molecular complexity index is 495. The lowest BCUT2D eigenvalue weighted by molar-refractivity contribution is 0.0695. The van der Waals surface area contributed by atoms with Gasteiger partial charge in [0.1, 0.15) is 36.1 Å². The second-order valence-electron chi connectivity index (χ2n) is 3.56. The zero-order valence-electron chi connectivity index (χ0n) is 9.30. The standard InChI is InChI=1S/C12H12O5/c1-8-11(12(13)14)5-10(17-8)7-15-6-9-3-2-4-16-9/h2-5H,6-7H2,1H3,(H,13,14). The first-order chi connectivity index (χ1) is 8.16. The fraction of sp³-hybridized carbons (Fsp3) is 0.250. The van der Waals surface area contributed by atoms with Crippen LogP contribution in [0.25, 0.3) is 0 Å². The summed E-state index contributed by atoms with van der Waals surface area (Å²) in [5.74, 6) is 0.593. The van der Waals surface area contributed by atoms with Crippen molar-refractivity contribution in [3.63, 3.8) is 0 Å². The van der Waals surface area contributed by atoms with Gasteiger partial charge in [0.15, 0.2) is 0 Å². The predicted octanol–water partition coefficient (Wildman–Crippen LogP) is 2.60. The molecule has 0 aromatic carbocycles. The smallest absolute Gasteiger partial charge is 0.339 e. The van der Waals surface area contributed by atoms with Crippen LogP contribution in [0.5, 0.6) is 0 Å². The summed E-state index contributed by atoms with van der Waals surface area (Å²) in [6.45, 7) is 2.16. The van der Waals surface area contributed by atoms with E-state index in [2.05, 4.69) is 0 Å². The largest absolute Gasteiger partial charge is 0.478 e. The van der Waals surface area contributed by atoms with E-state index in [1.54, 1.807) is 25.3 Å². The normalized spacial score (nSPS) is 10.6. The van der Waals surface area contributed by atoms with Crippen LogP contribution >= 0.6 is 0 Å². The number of aromatic carboxylic acids is 1. The number of carbonyl (C=O) groups is 1. The molecule has 0 amide bonds. The molecule has 1 N–H and O–H groups in total. The van der Waals surface area contributed by atoms with E-state index in [1.807, 2.05) is 0 Å². The van der Waals surface area contributed by atoms with Crippen LogP contribution in [-0.2, 0) is 18.0 Å². The van der Waals surface area contributed by atoms with Gasteiger partial charge in [-0.15, -0.1) is 0 Å². The van der Waals surface area contributed by atoms with Crippen molar-refractivity contribution in [1.29, 1.82) is 0 Å². The third kappa shape index (κ3) is 2.76. The van der Waals surface area contributed by atoms with E-state index in [0.717, 1.165) is 0 Å². The number of furan rings is 2. The maximum atomic E-state index is 10.8. The fourth-order valence-corrected chi connectivity index (χ4v) is 1.47. The second kappa shape index (κ2) is 4.88. The third-order valence-electron chi connectivity index (χ3n) is 2.27. The van der Waals surface area contributed by atoms with Crippen LogP contribution in [0, 0.1) is 6.92 Å². The summed E-state index contributed by atoms with van der Waals surface area (Å²) >= 11 is 0. The van der Waals surface area contributed by atoms with Gasteiger partial charge in [-0.1, -0.05) is 0 Å². The molecule has 0 aliphatic heterocycles. The summed E-state index contributed by atoms with van der Waals surface area (Å²) < 4.78 is 15.7. The van der Waals surface area contributed by atoms with Crippen LogP contribution in [-0.4, -0.2) is 11.1 Å². The summed E-state index contributed by atoms with van der Waals surface area (Å²) in [5.41, 5.74) is 0.168. The number of carboxylic acids is 1. The summed E-state index contributed by atoms with van der Waals surface area (Å²) in [6.07, 6.45) is 1.57. The molecule has 0 fully saturated rings. The Kier molecular flexibility index (Phi) is 3.30. The van der Waals surface area contributed by atoms with Gasteiger partial charge < -0.3 is 18.7 Å². The number of ether oxygens (including phenoxy) is 1. The van der Waals surface area contributed by atoms with Crippen LogP contribution in [0.2, 0.25) is 0 Å². The summed E-state index contributed by atoms with van der Waals surface area (Å²) in [7, 11) is 0. The number of carboxylic acid groups (broad SMARTS) is 1. The molecule has 0 unspecified atom stereocenters. The Balaban J connectivity index is 1.91. The lowest BCUT2D eigenvalue weighted by atomic mass is 10.2. The molecule has 2 rings (SSSR count). The van der Waals surface area contributed by atoms with E-state index in [0.29, 0.717) is 23.9 Å². The molecule has 0 saturated carbocycles. The van der Waals surface area contributed by atoms with Gasteiger partial charge in [0.25, 0.3) is 0 Å². The molecule has 0 saturated heterocycles. The Morgan fingerprint density at radius 1 is 1.41 bits per heavy atom. The van der Waals surface area contributed by atoms with E-state index < -0.39 is 5.97 Å². The molecule has 5 heteroatoms. The molecule has 0 spiro atoms. The van der Waals surface area contributed by atoms with E-state index in [4.69, 9.17) is 18.7 Å². The molecule has 0 atom stereocenters. The maximum Gasteiger partial charge on any atom is 0.339 e. The monoisotopic (exact) mass is 236 g/mol. The molecule has 0 bridgehead atoms. The van der Waals surface area contributed by atoms with Gasteiger partial charge >= 0.3 is 5.97 Å². The van der Waals surface area contributed by atoms with Crippen molar-refractivity contribution in [2.45, 2.75) is 20.1 Å². The van der Waals surface area contributed by atoms with E-state index >= 15 is 0 Å². The van der Waals surface area contributed by atoms with E-state index in [-0.39, 0.29) is 12.2 Å². The predicted molar refractivity (Wildman–Crippen MR) is 57.6 cm³/mol. The van der Waals surface area contributed by atoms with Gasteiger partial charge in [0.05, 0.1) is 6.26 Å². The second-order valence-corrected chi connectivity index (χ2v) is 3.56. The van der Waals surface area contributed by atoms with Crippen molar-refractivity contribution in [1.82, 2.24) is 0 Å². The summed E-state index contributed by atoms with van der Waals surface area (Å²) in [4.78, 5) is 10.8. The minimum Gasteiger partial charge on any atom is -0.478 e. The highest BCUT2D eigenvalue weighted by Gasteiger charge is 2.13. The quantitative estimate of drug-likeness (QED) is 0.863. The van der Waals surface area contributed by atoms with Crippen LogP contribution in [0.4, 0.5) is 0 Å². The third-order valence-corrected chi connectivity index (χ3v) is 2.27. The SMILES string of the molecule is Cc1oc(COCc2ccco2)cc1C(=O)O. The van der Waals surface area contributed by atoms with Gasteiger partial charge in [-0.05, 0) is 25.1 Å². The van der Waals surface area contributed by atoms with Gasteiger partial charge in [0, 0.05) is 0 Å². The Labute approximate surface area is 97.6 Å². The Morgan fingerprint density at radius 3 is 2.76 bits per heavy atom. The molecule has 0 aliphatic carbocycles. The highest BCUT2D eigenvalue weighted by molar-refractivity contribution is 5.88. The van der Waals surface area contributed by atoms with Crippen molar-refractivity contribution in [2.24, 2.45) is 0 Å². The Hall–Kier alpha value is -2.01. The molecule has 5 nitrogen and oxygen atoms in total. The highest BCUT2D eigenvalue weighted by Crippen LogP contribution is 2.16. The number of hydrogen-bond acceptors (Lipinski definition) is 4. The number of rotatable bonds is 5. The zero-order valence-corrected chi connectivity index (χ0v) is 9.30. The van der Waals surface area contributed by atoms with E-state index in [9.17, 15) is 4.79 Å². The van der Waals surface area contributed by atoms with Crippen molar-refractivity contribution in [2.75, 3.05) is 0 Å². The topological polar surface area (TPSA) is 72.8 Å². The van der Waals surface area contributed by atoms with Gasteiger partial charge in [0.2, 0.25) is 0 Å². The minimum absolute atomic E-state index is 0.168. The first kappa shape index (κ1) is 11.5. The minimum atomic E-state index is -0.997. The first-order valence-corrected chi connectivity index (χ1v) is 5.09. The van der Waals surface area contributed by atoms with Crippen molar-refractivity contribution < 1.29 is 23.5 Å². The van der Waals surface area contributed by atoms with Crippen LogP contribution in [0.15, 0.2) is 33.3 Å². The van der Waals surface area contributed by atoms with Gasteiger partial charge in [-0.2, -0.15) is 0 Å². The molecular weight excluding hydrogens is 224 g/mol. The maximum absolute atomic E-state index is 10.8. The number of hydrogen-bond donors (Lipinski definition) is 1. The molecule has 2 heterocycles. The molecule has 17 heavy (non-hydrogen) atoms. The molecule has 2 aromatic heterocycles. The Morgan fingerprint density at radius 2 is 2.18 bits per heavy atom. The van der Waals surface area contributed by atoms with E-state index in [1.165, 1.54) is 6.07 Å². The van der Waals surface area contributed by atoms with Crippen LogP contribution in [0.1, 0.15) is 27.6 Å². The van der Waals surface area contributed by atoms with Crippen molar-refractivity contribution in [3.8, 4) is 0 Å². The molecule has 0 radical (unpaired) electrons. The zero-order chi connectivity index (χ0) is 12.3. The van der Waals surface area contributed by atoms with Crippen molar-refractivity contribution >= 4 is 5.97 Å². The fourth-order valence-electron chi connectivity index (χ4n) is 1.47. The van der Waals surface area contributed by atoms with Crippen LogP contribution in [0.3, 0.4) is 0 Å². The van der Waals surface area contributed by atoms with Gasteiger partial charge in [-0.3, -0.25) is 0 Å². The highest BCUT2D eigenvalue weighted by atomic mass is 16.5. The summed E-state index contributed by atoms with van der Waals surface area (Å²) in [5, 5.41) is 8.84. The number of aryl methyl sites for hydroxylation is 1. The summed E-state index contributed by atoms with van der Waals surface area (Å²) in [6, 6.07) is 5.05. The van der Waals surface area contributed by atoms with Crippen LogP contribution < -0.4 is 0 Å². The molecular formula is C12H12O5.